The molecule has 37 heavy (non-hydrogen) atoms. The van der Waals surface area contributed by atoms with Crippen LogP contribution >= 0.6 is 11.6 Å². The van der Waals surface area contributed by atoms with Crippen molar-refractivity contribution >= 4 is 40.1 Å². The largest absolute Gasteiger partial charge is 0.390 e. The highest BCUT2D eigenvalue weighted by Crippen LogP contribution is 2.26. The molecular formula is C28H32ClN5O3. The second-order valence-corrected chi connectivity index (χ2v) is 8.81. The summed E-state index contributed by atoms with van der Waals surface area (Å²) in [6.07, 6.45) is 1.02. The average molecular weight is 522 g/mol. The number of aliphatic hydroxyl groups excluding tert-OH is 1. The lowest BCUT2D eigenvalue weighted by molar-refractivity contribution is 0.0869. The summed E-state index contributed by atoms with van der Waals surface area (Å²) in [5.41, 5.74) is 1.69. The van der Waals surface area contributed by atoms with Gasteiger partial charge in [-0.05, 0) is 56.4 Å². The van der Waals surface area contributed by atoms with Crippen LogP contribution in [0.3, 0.4) is 0 Å². The standard InChI is InChI=1S/C28H32ClN5O3/c1-4-30-28(37)33-26-24(25-15-22(29)13-12-21(25)16-31-26)14-9-19-7-10-20(11-8-19)27(36)32-17-23(35)18-34(5-2)6-3/h7-8,10-13,15-16,23,35H,4-6,17-18H2,1-3H3,(H,32,36)(H2,30,31,33,37). The predicted octanol–water partition coefficient (Wildman–Crippen LogP) is 3.86. The summed E-state index contributed by atoms with van der Waals surface area (Å²) >= 11 is 6.22. The van der Waals surface area contributed by atoms with Crippen LogP contribution < -0.4 is 16.0 Å². The van der Waals surface area contributed by atoms with Crippen molar-refractivity contribution in [1.82, 2.24) is 20.5 Å². The number of aliphatic hydroxyl groups is 1. The van der Waals surface area contributed by atoms with E-state index in [1.54, 1.807) is 42.6 Å². The third-order valence-electron chi connectivity index (χ3n) is 5.76. The van der Waals surface area contributed by atoms with Gasteiger partial charge in [-0.2, -0.15) is 0 Å². The van der Waals surface area contributed by atoms with Crippen molar-refractivity contribution in [3.63, 3.8) is 0 Å². The van der Waals surface area contributed by atoms with E-state index in [9.17, 15) is 14.7 Å². The molecule has 1 heterocycles. The first-order chi connectivity index (χ1) is 17.8. The molecule has 0 aliphatic heterocycles. The Morgan fingerprint density at radius 3 is 2.46 bits per heavy atom. The van der Waals surface area contributed by atoms with Gasteiger partial charge in [-0.25, -0.2) is 9.78 Å². The number of benzene rings is 2. The van der Waals surface area contributed by atoms with Gasteiger partial charge in [0.2, 0.25) is 0 Å². The number of nitrogens with zero attached hydrogens (tertiary/aromatic N) is 2. The Hall–Kier alpha value is -3.64. The summed E-state index contributed by atoms with van der Waals surface area (Å²) in [7, 11) is 0. The van der Waals surface area contributed by atoms with Gasteiger partial charge in [0.15, 0.2) is 0 Å². The van der Waals surface area contributed by atoms with Crippen molar-refractivity contribution in [2.45, 2.75) is 26.9 Å². The zero-order valence-corrected chi connectivity index (χ0v) is 22.0. The van der Waals surface area contributed by atoms with Crippen LogP contribution in [-0.4, -0.2) is 65.8 Å². The van der Waals surface area contributed by atoms with Gasteiger partial charge in [0, 0.05) is 52.8 Å². The van der Waals surface area contributed by atoms with E-state index in [-0.39, 0.29) is 18.5 Å². The Balaban J connectivity index is 1.77. The number of rotatable bonds is 9. The van der Waals surface area contributed by atoms with Crippen LogP contribution in [0.5, 0.6) is 0 Å². The predicted molar refractivity (Wildman–Crippen MR) is 148 cm³/mol. The number of urea groups is 1. The summed E-state index contributed by atoms with van der Waals surface area (Å²) in [5.74, 6) is 6.26. The first-order valence-electron chi connectivity index (χ1n) is 12.3. The lowest BCUT2D eigenvalue weighted by atomic mass is 10.1. The van der Waals surface area contributed by atoms with Crippen molar-refractivity contribution in [2.24, 2.45) is 0 Å². The zero-order chi connectivity index (χ0) is 26.8. The molecular weight excluding hydrogens is 490 g/mol. The molecule has 0 fully saturated rings. The van der Waals surface area contributed by atoms with Crippen molar-refractivity contribution in [2.75, 3.05) is 38.0 Å². The average Bonchev–Trinajstić information content (AvgIpc) is 2.90. The maximum atomic E-state index is 12.5. The molecule has 1 atom stereocenters. The van der Waals surface area contributed by atoms with E-state index < -0.39 is 6.10 Å². The zero-order valence-electron chi connectivity index (χ0n) is 21.3. The second-order valence-electron chi connectivity index (χ2n) is 8.37. The highest BCUT2D eigenvalue weighted by atomic mass is 35.5. The Bertz CT molecular complexity index is 1300. The van der Waals surface area contributed by atoms with E-state index in [1.165, 1.54) is 0 Å². The summed E-state index contributed by atoms with van der Waals surface area (Å²) in [5, 5.41) is 20.5. The lowest BCUT2D eigenvalue weighted by Gasteiger charge is -2.22. The number of hydrogen-bond donors (Lipinski definition) is 4. The van der Waals surface area contributed by atoms with Gasteiger partial charge in [-0.3, -0.25) is 10.1 Å². The van der Waals surface area contributed by atoms with E-state index in [0.29, 0.717) is 40.6 Å². The molecule has 1 unspecified atom stereocenters. The number of amides is 3. The summed E-state index contributed by atoms with van der Waals surface area (Å²) in [4.78, 5) is 31.1. The molecule has 0 saturated carbocycles. The minimum absolute atomic E-state index is 0.176. The number of pyridine rings is 1. The van der Waals surface area contributed by atoms with Crippen LogP contribution in [0.2, 0.25) is 5.02 Å². The second kappa shape index (κ2) is 13.6. The third-order valence-corrected chi connectivity index (χ3v) is 6.00. The molecule has 0 bridgehead atoms. The van der Waals surface area contributed by atoms with E-state index in [1.807, 2.05) is 26.8 Å². The van der Waals surface area contributed by atoms with Crippen LogP contribution in [0, 0.1) is 11.8 Å². The van der Waals surface area contributed by atoms with Gasteiger partial charge in [0.25, 0.3) is 5.91 Å². The van der Waals surface area contributed by atoms with Crippen LogP contribution in [0.1, 0.15) is 42.3 Å². The number of likely N-dealkylation sites (N-methyl/N-ethyl adjacent to an activating group) is 1. The van der Waals surface area contributed by atoms with E-state index in [0.717, 1.165) is 23.9 Å². The van der Waals surface area contributed by atoms with Crippen molar-refractivity contribution in [3.8, 4) is 11.8 Å². The van der Waals surface area contributed by atoms with E-state index >= 15 is 0 Å². The number of anilines is 1. The highest BCUT2D eigenvalue weighted by Gasteiger charge is 2.13. The van der Waals surface area contributed by atoms with Gasteiger partial charge in [-0.15, -0.1) is 0 Å². The molecule has 3 aromatic rings. The minimum atomic E-state index is -0.640. The van der Waals surface area contributed by atoms with Crippen molar-refractivity contribution < 1.29 is 14.7 Å². The van der Waals surface area contributed by atoms with E-state index in [4.69, 9.17) is 11.6 Å². The number of carbonyl (C=O) groups excluding carboxylic acids is 2. The number of carbonyl (C=O) groups is 2. The normalized spacial score (nSPS) is 11.5. The fourth-order valence-corrected chi connectivity index (χ4v) is 3.89. The SMILES string of the molecule is CCNC(=O)Nc1ncc2ccc(Cl)cc2c1C#Cc1ccc(C(=O)NCC(O)CN(CC)CC)cc1. The van der Waals surface area contributed by atoms with Gasteiger partial charge >= 0.3 is 6.03 Å². The molecule has 3 rings (SSSR count). The topological polar surface area (TPSA) is 107 Å². The number of aromatic nitrogens is 1. The van der Waals surface area contributed by atoms with Crippen LogP contribution in [-0.2, 0) is 0 Å². The van der Waals surface area contributed by atoms with Crippen molar-refractivity contribution in [1.29, 1.82) is 0 Å². The first-order valence-corrected chi connectivity index (χ1v) is 12.7. The molecule has 9 heteroatoms. The van der Waals surface area contributed by atoms with Gasteiger partial charge in [0.1, 0.15) is 5.82 Å². The Morgan fingerprint density at radius 2 is 1.78 bits per heavy atom. The fourth-order valence-electron chi connectivity index (χ4n) is 3.71. The molecule has 8 nitrogen and oxygen atoms in total. The maximum Gasteiger partial charge on any atom is 0.320 e. The smallest absolute Gasteiger partial charge is 0.320 e. The molecule has 3 amide bonds. The summed E-state index contributed by atoms with van der Waals surface area (Å²) < 4.78 is 0. The number of hydrogen-bond acceptors (Lipinski definition) is 5. The fraction of sp³-hybridized carbons (Fsp3) is 0.321. The van der Waals surface area contributed by atoms with Gasteiger partial charge < -0.3 is 20.6 Å². The molecule has 0 spiro atoms. The summed E-state index contributed by atoms with van der Waals surface area (Å²) in [6.45, 7) is 8.73. The molecule has 2 aromatic carbocycles. The molecule has 0 saturated heterocycles. The molecule has 0 aliphatic rings. The molecule has 0 aliphatic carbocycles. The van der Waals surface area contributed by atoms with E-state index in [2.05, 4.69) is 37.7 Å². The molecule has 4 N–H and O–H groups in total. The van der Waals surface area contributed by atoms with Crippen LogP contribution in [0.25, 0.3) is 10.8 Å². The molecule has 0 radical (unpaired) electrons. The highest BCUT2D eigenvalue weighted by molar-refractivity contribution is 6.31. The van der Waals surface area contributed by atoms with Gasteiger partial charge in [0.05, 0.1) is 11.7 Å². The Morgan fingerprint density at radius 1 is 1.05 bits per heavy atom. The first kappa shape index (κ1) is 27.9. The maximum absolute atomic E-state index is 12.5. The number of fused-ring (bicyclic) bond motifs is 1. The minimum Gasteiger partial charge on any atom is -0.390 e. The molecule has 194 valence electrons. The van der Waals surface area contributed by atoms with Crippen LogP contribution in [0.15, 0.2) is 48.7 Å². The lowest BCUT2D eigenvalue weighted by Crippen LogP contribution is -2.40. The van der Waals surface area contributed by atoms with Crippen molar-refractivity contribution in [3.05, 3.63) is 70.4 Å². The number of halogens is 1. The summed E-state index contributed by atoms with van der Waals surface area (Å²) in [6, 6.07) is 11.9. The Labute approximate surface area is 222 Å². The number of nitrogens with one attached hydrogen (secondary N) is 3. The monoisotopic (exact) mass is 521 g/mol. The third kappa shape index (κ3) is 7.92. The Kier molecular flexibility index (Phi) is 10.3. The molecule has 1 aromatic heterocycles. The quantitative estimate of drug-likeness (QED) is 0.320. The van der Waals surface area contributed by atoms with Crippen LogP contribution in [0.4, 0.5) is 10.6 Å². The van der Waals surface area contributed by atoms with Gasteiger partial charge in [-0.1, -0.05) is 43.4 Å².